The first-order chi connectivity index (χ1) is 9.86. The molecule has 2 rings (SSSR count). The normalized spacial score (nSPS) is 10.3. The van der Waals surface area contributed by atoms with Gasteiger partial charge in [0.2, 0.25) is 17.0 Å². The molecule has 1 aromatic carbocycles. The van der Waals surface area contributed by atoms with Gasteiger partial charge in [-0.15, -0.1) is 0 Å². The van der Waals surface area contributed by atoms with Crippen LogP contribution >= 0.6 is 11.6 Å². The predicted octanol–water partition coefficient (Wildman–Crippen LogP) is 2.60. The van der Waals surface area contributed by atoms with E-state index in [9.17, 15) is 10.1 Å². The number of halogens is 1. The second-order valence-corrected chi connectivity index (χ2v) is 4.75. The maximum atomic E-state index is 11.0. The van der Waals surface area contributed by atoms with Crippen LogP contribution in [0.3, 0.4) is 0 Å². The van der Waals surface area contributed by atoms with E-state index in [4.69, 9.17) is 16.3 Å². The molecule has 0 aliphatic carbocycles. The fourth-order valence-corrected chi connectivity index (χ4v) is 1.67. The summed E-state index contributed by atoms with van der Waals surface area (Å²) in [6.07, 6.45) is 0. The van der Waals surface area contributed by atoms with E-state index < -0.39 is 4.92 Å². The molecule has 0 bridgehead atoms. The van der Waals surface area contributed by atoms with Crippen molar-refractivity contribution < 1.29 is 9.66 Å². The third-order valence-electron chi connectivity index (χ3n) is 2.49. The van der Waals surface area contributed by atoms with Gasteiger partial charge in [0.1, 0.15) is 0 Å². The Kier molecular flexibility index (Phi) is 4.18. The molecule has 0 unspecified atom stereocenters. The van der Waals surface area contributed by atoms with Crippen LogP contribution in [0, 0.1) is 17.0 Å². The van der Waals surface area contributed by atoms with Crippen LogP contribution in [-0.4, -0.2) is 34.0 Å². The van der Waals surface area contributed by atoms with Crippen LogP contribution in [0.25, 0.3) is 0 Å². The molecular formula is C12H12ClN5O3. The third-order valence-corrected chi connectivity index (χ3v) is 2.66. The maximum Gasteiger partial charge on any atom is 0.328 e. The van der Waals surface area contributed by atoms with E-state index in [1.165, 1.54) is 12.1 Å². The molecule has 0 spiro atoms. The van der Waals surface area contributed by atoms with E-state index in [-0.39, 0.29) is 22.7 Å². The number of nitro groups is 1. The van der Waals surface area contributed by atoms with Crippen molar-refractivity contribution in [3.63, 3.8) is 0 Å². The van der Waals surface area contributed by atoms with Gasteiger partial charge in [-0.25, -0.2) is 0 Å². The number of hydrogen-bond donors (Lipinski definition) is 0. The maximum absolute atomic E-state index is 11.0. The van der Waals surface area contributed by atoms with Gasteiger partial charge in [0, 0.05) is 20.2 Å². The van der Waals surface area contributed by atoms with E-state index in [1.807, 2.05) is 0 Å². The molecule has 0 fully saturated rings. The zero-order chi connectivity index (χ0) is 15.6. The highest BCUT2D eigenvalue weighted by Gasteiger charge is 2.18. The first-order valence-electron chi connectivity index (χ1n) is 5.88. The Bertz CT molecular complexity index is 693. The molecule has 1 heterocycles. The Morgan fingerprint density at radius 2 is 2.00 bits per heavy atom. The molecule has 8 nitrogen and oxygen atoms in total. The molecule has 1 aromatic heterocycles. The van der Waals surface area contributed by atoms with Crippen LogP contribution in [-0.2, 0) is 0 Å². The molecular weight excluding hydrogens is 298 g/mol. The summed E-state index contributed by atoms with van der Waals surface area (Å²) in [4.78, 5) is 23.8. The van der Waals surface area contributed by atoms with Crippen LogP contribution < -0.4 is 9.64 Å². The van der Waals surface area contributed by atoms with Gasteiger partial charge >= 0.3 is 11.7 Å². The quantitative estimate of drug-likeness (QED) is 0.632. The summed E-state index contributed by atoms with van der Waals surface area (Å²) in [5.41, 5.74) is 0.632. The monoisotopic (exact) mass is 309 g/mol. The largest absolute Gasteiger partial charge is 0.417 e. The molecule has 21 heavy (non-hydrogen) atoms. The minimum Gasteiger partial charge on any atom is -0.417 e. The van der Waals surface area contributed by atoms with Crippen molar-refractivity contribution in [2.24, 2.45) is 0 Å². The highest BCUT2D eigenvalue weighted by Crippen LogP contribution is 2.31. The third kappa shape index (κ3) is 3.54. The van der Waals surface area contributed by atoms with Crippen molar-refractivity contribution in [1.82, 2.24) is 15.0 Å². The summed E-state index contributed by atoms with van der Waals surface area (Å²) in [5.74, 6) is 0.340. The topological polar surface area (TPSA) is 94.3 Å². The number of ether oxygens (including phenoxy) is 1. The molecule has 2 aromatic rings. The average molecular weight is 310 g/mol. The second-order valence-electron chi connectivity index (χ2n) is 4.41. The Morgan fingerprint density at radius 1 is 1.29 bits per heavy atom. The predicted molar refractivity (Wildman–Crippen MR) is 77.1 cm³/mol. The Hall–Kier alpha value is -2.48. The molecule has 0 amide bonds. The highest BCUT2D eigenvalue weighted by atomic mass is 35.5. The summed E-state index contributed by atoms with van der Waals surface area (Å²) in [5, 5.41) is 10.9. The lowest BCUT2D eigenvalue weighted by Gasteiger charge is -2.11. The number of aromatic nitrogens is 3. The number of anilines is 1. The van der Waals surface area contributed by atoms with Gasteiger partial charge in [-0.1, -0.05) is 6.07 Å². The zero-order valence-corrected chi connectivity index (χ0v) is 12.3. The smallest absolute Gasteiger partial charge is 0.328 e. The lowest BCUT2D eigenvalue weighted by Crippen LogP contribution is -2.13. The van der Waals surface area contributed by atoms with Gasteiger partial charge in [0.25, 0.3) is 0 Å². The van der Waals surface area contributed by atoms with Gasteiger partial charge in [-0.3, -0.25) is 10.1 Å². The lowest BCUT2D eigenvalue weighted by atomic mass is 10.2. The Morgan fingerprint density at radius 3 is 2.62 bits per heavy atom. The van der Waals surface area contributed by atoms with E-state index in [0.717, 1.165) is 5.56 Å². The van der Waals surface area contributed by atoms with Gasteiger partial charge in [0.15, 0.2) is 0 Å². The highest BCUT2D eigenvalue weighted by molar-refractivity contribution is 6.28. The molecule has 9 heteroatoms. The van der Waals surface area contributed by atoms with E-state index in [2.05, 4.69) is 15.0 Å². The van der Waals surface area contributed by atoms with Gasteiger partial charge in [-0.2, -0.15) is 15.0 Å². The zero-order valence-electron chi connectivity index (χ0n) is 11.6. The summed E-state index contributed by atoms with van der Waals surface area (Å²) in [7, 11) is 3.45. The molecule has 0 saturated carbocycles. The number of rotatable bonds is 4. The first-order valence-corrected chi connectivity index (χ1v) is 6.26. The number of aryl methyl sites for hydroxylation is 1. The summed E-state index contributed by atoms with van der Waals surface area (Å²) in [6, 6.07) is 4.41. The molecule has 0 atom stereocenters. The fraction of sp³-hybridized carbons (Fsp3) is 0.250. The summed E-state index contributed by atoms with van der Waals surface area (Å²) >= 11 is 5.79. The lowest BCUT2D eigenvalue weighted by molar-refractivity contribution is -0.385. The van der Waals surface area contributed by atoms with Crippen molar-refractivity contribution in [2.75, 3.05) is 19.0 Å². The molecule has 0 aliphatic rings. The van der Waals surface area contributed by atoms with Crippen LogP contribution in [0.4, 0.5) is 11.6 Å². The summed E-state index contributed by atoms with van der Waals surface area (Å²) in [6.45, 7) is 1.79. The van der Waals surface area contributed by atoms with Crippen molar-refractivity contribution in [3.05, 3.63) is 39.2 Å². The number of nitro benzene ring substituents is 1. The van der Waals surface area contributed by atoms with Crippen LogP contribution in [0.5, 0.6) is 11.8 Å². The van der Waals surface area contributed by atoms with Crippen LogP contribution in [0.1, 0.15) is 5.56 Å². The van der Waals surface area contributed by atoms with E-state index in [1.54, 1.807) is 32.0 Å². The molecule has 0 saturated heterocycles. The van der Waals surface area contributed by atoms with Crippen molar-refractivity contribution in [3.8, 4) is 11.8 Å². The summed E-state index contributed by atoms with van der Waals surface area (Å²) < 4.78 is 5.41. The van der Waals surface area contributed by atoms with E-state index >= 15 is 0 Å². The van der Waals surface area contributed by atoms with Crippen molar-refractivity contribution in [1.29, 1.82) is 0 Å². The number of nitrogens with zero attached hydrogens (tertiary/aromatic N) is 5. The molecule has 0 radical (unpaired) electrons. The Balaban J connectivity index is 2.42. The minimum atomic E-state index is -0.537. The van der Waals surface area contributed by atoms with Gasteiger partial charge in [-0.05, 0) is 30.2 Å². The van der Waals surface area contributed by atoms with Gasteiger partial charge < -0.3 is 9.64 Å². The van der Waals surface area contributed by atoms with Crippen molar-refractivity contribution >= 4 is 23.2 Å². The standard InChI is InChI=1S/C12H12ClN5O3/c1-7-4-5-8(18(19)20)9(6-7)21-12-15-10(13)14-11(16-12)17(2)3/h4-6H,1-3H3. The second kappa shape index (κ2) is 5.88. The minimum absolute atomic E-state index is 0.0481. The van der Waals surface area contributed by atoms with E-state index in [0.29, 0.717) is 5.95 Å². The molecule has 0 aliphatic heterocycles. The van der Waals surface area contributed by atoms with Crippen LogP contribution in [0.15, 0.2) is 18.2 Å². The van der Waals surface area contributed by atoms with Crippen molar-refractivity contribution in [2.45, 2.75) is 6.92 Å². The SMILES string of the molecule is Cc1ccc([N+](=O)[O-])c(Oc2nc(Cl)nc(N(C)C)n2)c1. The molecule has 0 N–H and O–H groups in total. The van der Waals surface area contributed by atoms with Crippen LogP contribution in [0.2, 0.25) is 5.28 Å². The van der Waals surface area contributed by atoms with Gasteiger partial charge in [0.05, 0.1) is 4.92 Å². The fourth-order valence-electron chi connectivity index (χ4n) is 1.52. The first kappa shape index (κ1) is 14.9. The number of hydrogen-bond acceptors (Lipinski definition) is 7. The number of benzene rings is 1. The molecule has 110 valence electrons. The Labute approximate surface area is 125 Å². The average Bonchev–Trinajstić information content (AvgIpc) is 2.37.